The van der Waals surface area contributed by atoms with Gasteiger partial charge in [0.05, 0.1) is 22.0 Å². The lowest BCUT2D eigenvalue weighted by atomic mass is 10.3. The first-order valence-electron chi connectivity index (χ1n) is 8.63. The number of hydrogen-bond donors (Lipinski definition) is 2. The standard InChI is InChI=1S/C16H21N5O5S3/c1-12-11-27-16(18-12)19-15(22)10-20-6-8-21(9-7-20)29(25,26)14-4-2-13(3-5-14)28(17,23)24/h2-5,11H,6-10H2,1H3,(H2,17,23,24)(H,18,19,22). The summed E-state index contributed by atoms with van der Waals surface area (Å²) in [6.07, 6.45) is 0. The van der Waals surface area contributed by atoms with Crippen molar-refractivity contribution in [2.75, 3.05) is 38.0 Å². The zero-order valence-corrected chi connectivity index (χ0v) is 18.1. The largest absolute Gasteiger partial charge is 0.301 e. The molecule has 13 heteroatoms. The van der Waals surface area contributed by atoms with E-state index in [1.807, 2.05) is 17.2 Å². The van der Waals surface area contributed by atoms with Gasteiger partial charge in [0.15, 0.2) is 5.13 Å². The predicted octanol–water partition coefficient (Wildman–Crippen LogP) is 0.0439. The molecule has 10 nitrogen and oxygen atoms in total. The Morgan fingerprint density at radius 2 is 1.69 bits per heavy atom. The second-order valence-electron chi connectivity index (χ2n) is 6.54. The van der Waals surface area contributed by atoms with Gasteiger partial charge in [-0.05, 0) is 31.2 Å². The molecular formula is C16H21N5O5S3. The highest BCUT2D eigenvalue weighted by Gasteiger charge is 2.29. The summed E-state index contributed by atoms with van der Waals surface area (Å²) >= 11 is 1.35. The SMILES string of the molecule is Cc1csc(NC(=O)CN2CCN(S(=O)(=O)c3ccc(S(N)(=O)=O)cc3)CC2)n1. The fraction of sp³-hybridized carbons (Fsp3) is 0.375. The molecule has 0 bridgehead atoms. The van der Waals surface area contributed by atoms with Crippen LogP contribution < -0.4 is 10.5 Å². The van der Waals surface area contributed by atoms with Crippen LogP contribution in [0.4, 0.5) is 5.13 Å². The molecule has 0 saturated carbocycles. The summed E-state index contributed by atoms with van der Waals surface area (Å²) in [5.74, 6) is -0.200. The zero-order chi connectivity index (χ0) is 21.2. The van der Waals surface area contributed by atoms with Crippen LogP contribution >= 0.6 is 11.3 Å². The lowest BCUT2D eigenvalue weighted by Gasteiger charge is -2.33. The Labute approximate surface area is 173 Å². The minimum absolute atomic E-state index is 0.00441. The van der Waals surface area contributed by atoms with E-state index in [0.717, 1.165) is 5.69 Å². The normalized spacial score (nSPS) is 16.6. The smallest absolute Gasteiger partial charge is 0.243 e. The van der Waals surface area contributed by atoms with Crippen LogP contribution in [0.3, 0.4) is 0 Å². The van der Waals surface area contributed by atoms with Crippen molar-refractivity contribution in [3.8, 4) is 0 Å². The maximum Gasteiger partial charge on any atom is 0.243 e. The van der Waals surface area contributed by atoms with Gasteiger partial charge in [0.1, 0.15) is 0 Å². The molecule has 1 amide bonds. The number of carbonyl (C=O) groups is 1. The van der Waals surface area contributed by atoms with Gasteiger partial charge >= 0.3 is 0 Å². The number of rotatable bonds is 6. The van der Waals surface area contributed by atoms with E-state index in [1.54, 1.807) is 0 Å². The third-order valence-corrected chi connectivity index (χ3v) is 8.07. The van der Waals surface area contributed by atoms with Gasteiger partial charge in [0.25, 0.3) is 0 Å². The number of amides is 1. The Bertz CT molecular complexity index is 1090. The van der Waals surface area contributed by atoms with E-state index in [1.165, 1.54) is 39.9 Å². The topological polar surface area (TPSA) is 143 Å². The number of anilines is 1. The number of piperazine rings is 1. The molecule has 1 aliphatic heterocycles. The highest BCUT2D eigenvalue weighted by Crippen LogP contribution is 2.20. The van der Waals surface area contributed by atoms with Gasteiger partial charge in [0.2, 0.25) is 26.0 Å². The van der Waals surface area contributed by atoms with E-state index in [4.69, 9.17) is 5.14 Å². The molecule has 0 radical (unpaired) electrons. The highest BCUT2D eigenvalue weighted by molar-refractivity contribution is 7.89. The Hall–Kier alpha value is -1.90. The van der Waals surface area contributed by atoms with E-state index < -0.39 is 20.0 Å². The van der Waals surface area contributed by atoms with Crippen LogP contribution in [0.1, 0.15) is 5.69 Å². The first-order chi connectivity index (χ1) is 13.6. The Kier molecular flexibility index (Phi) is 6.36. The van der Waals surface area contributed by atoms with Crippen LogP contribution in [0.25, 0.3) is 0 Å². The molecule has 1 saturated heterocycles. The van der Waals surface area contributed by atoms with Crippen molar-refractivity contribution in [1.82, 2.24) is 14.2 Å². The second kappa shape index (κ2) is 8.45. The molecule has 2 heterocycles. The number of nitrogens with one attached hydrogen (secondary N) is 1. The molecule has 0 atom stereocenters. The van der Waals surface area contributed by atoms with Crippen molar-refractivity contribution < 1.29 is 21.6 Å². The molecule has 1 aromatic heterocycles. The van der Waals surface area contributed by atoms with Gasteiger partial charge < -0.3 is 5.32 Å². The summed E-state index contributed by atoms with van der Waals surface area (Å²) in [6, 6.07) is 4.79. The van der Waals surface area contributed by atoms with E-state index in [-0.39, 0.29) is 35.3 Å². The van der Waals surface area contributed by atoms with Crippen LogP contribution in [0.15, 0.2) is 39.4 Å². The third kappa shape index (κ3) is 5.38. The van der Waals surface area contributed by atoms with Crippen molar-refractivity contribution in [1.29, 1.82) is 0 Å². The lowest BCUT2D eigenvalue weighted by Crippen LogP contribution is -2.50. The number of aryl methyl sites for hydroxylation is 1. The molecule has 0 spiro atoms. The molecule has 1 fully saturated rings. The monoisotopic (exact) mass is 459 g/mol. The van der Waals surface area contributed by atoms with Crippen LogP contribution in [0.2, 0.25) is 0 Å². The minimum Gasteiger partial charge on any atom is -0.301 e. The Morgan fingerprint density at radius 3 is 2.21 bits per heavy atom. The summed E-state index contributed by atoms with van der Waals surface area (Å²) in [4.78, 5) is 18.0. The fourth-order valence-corrected chi connectivity index (χ4v) is 5.49. The average Bonchev–Trinajstić information content (AvgIpc) is 3.06. The van der Waals surface area contributed by atoms with Gasteiger partial charge in [-0.1, -0.05) is 0 Å². The molecule has 3 rings (SSSR count). The van der Waals surface area contributed by atoms with Gasteiger partial charge in [-0.3, -0.25) is 9.69 Å². The van der Waals surface area contributed by atoms with E-state index in [9.17, 15) is 21.6 Å². The summed E-state index contributed by atoms with van der Waals surface area (Å²) in [5, 5.41) is 10.1. The van der Waals surface area contributed by atoms with Gasteiger partial charge in [-0.15, -0.1) is 11.3 Å². The quantitative estimate of drug-likeness (QED) is 0.621. The maximum atomic E-state index is 12.8. The number of aromatic nitrogens is 1. The maximum absolute atomic E-state index is 12.8. The number of carbonyl (C=O) groups excluding carboxylic acids is 1. The summed E-state index contributed by atoms with van der Waals surface area (Å²) in [7, 11) is -7.65. The van der Waals surface area contributed by atoms with Crippen molar-refractivity contribution >= 4 is 42.4 Å². The summed E-state index contributed by atoms with van der Waals surface area (Å²) in [6.45, 7) is 3.24. The van der Waals surface area contributed by atoms with Gasteiger partial charge in [-0.2, -0.15) is 4.31 Å². The predicted molar refractivity (Wildman–Crippen MR) is 108 cm³/mol. The van der Waals surface area contributed by atoms with Crippen LogP contribution in [-0.2, 0) is 24.8 Å². The van der Waals surface area contributed by atoms with Crippen molar-refractivity contribution in [3.05, 3.63) is 35.3 Å². The van der Waals surface area contributed by atoms with Crippen LogP contribution in [0, 0.1) is 6.92 Å². The van der Waals surface area contributed by atoms with Crippen molar-refractivity contribution in [2.45, 2.75) is 16.7 Å². The number of hydrogen-bond acceptors (Lipinski definition) is 8. The lowest BCUT2D eigenvalue weighted by molar-refractivity contribution is -0.117. The fourth-order valence-electron chi connectivity index (χ4n) is 2.85. The van der Waals surface area contributed by atoms with Crippen LogP contribution in [0.5, 0.6) is 0 Å². The summed E-state index contributed by atoms with van der Waals surface area (Å²) in [5.41, 5.74) is 0.834. The van der Waals surface area contributed by atoms with E-state index in [0.29, 0.717) is 18.2 Å². The number of primary sulfonamides is 1. The first kappa shape index (κ1) is 21.8. The molecule has 1 aliphatic rings. The Balaban J connectivity index is 1.57. The van der Waals surface area contributed by atoms with Gasteiger partial charge in [0, 0.05) is 31.6 Å². The van der Waals surface area contributed by atoms with Crippen molar-refractivity contribution in [2.24, 2.45) is 5.14 Å². The summed E-state index contributed by atoms with van der Waals surface area (Å²) < 4.78 is 49.5. The molecule has 1 aromatic carbocycles. The molecule has 0 aliphatic carbocycles. The highest BCUT2D eigenvalue weighted by atomic mass is 32.2. The third-order valence-electron chi connectivity index (χ3n) is 4.35. The number of benzene rings is 1. The van der Waals surface area contributed by atoms with Crippen LogP contribution in [-0.4, -0.2) is 69.7 Å². The van der Waals surface area contributed by atoms with E-state index in [2.05, 4.69) is 10.3 Å². The van der Waals surface area contributed by atoms with E-state index >= 15 is 0 Å². The second-order valence-corrected chi connectivity index (χ2v) is 10.9. The molecule has 3 N–H and O–H groups in total. The number of nitrogens with zero attached hydrogens (tertiary/aromatic N) is 3. The van der Waals surface area contributed by atoms with Crippen molar-refractivity contribution in [3.63, 3.8) is 0 Å². The zero-order valence-electron chi connectivity index (χ0n) is 15.6. The first-order valence-corrected chi connectivity index (χ1v) is 12.5. The minimum atomic E-state index is -3.89. The number of thiazole rings is 1. The molecule has 2 aromatic rings. The number of sulfonamides is 2. The average molecular weight is 460 g/mol. The molecular weight excluding hydrogens is 438 g/mol. The molecule has 0 unspecified atom stereocenters. The number of nitrogens with two attached hydrogens (primary N) is 1. The molecule has 29 heavy (non-hydrogen) atoms. The van der Waals surface area contributed by atoms with Gasteiger partial charge in [-0.25, -0.2) is 27.0 Å². The Morgan fingerprint density at radius 1 is 1.10 bits per heavy atom. The molecule has 158 valence electrons.